The van der Waals surface area contributed by atoms with Crippen molar-refractivity contribution in [3.63, 3.8) is 0 Å². The fraction of sp³-hybridized carbons (Fsp3) is 0.417. The van der Waals surface area contributed by atoms with Gasteiger partial charge in [0.25, 0.3) is 11.9 Å². The quantitative estimate of drug-likeness (QED) is 0.507. The lowest BCUT2D eigenvalue weighted by Crippen LogP contribution is -2.38. The zero-order valence-corrected chi connectivity index (χ0v) is 18.8. The molecule has 0 atom stereocenters. The predicted octanol–water partition coefficient (Wildman–Crippen LogP) is 3.74. The van der Waals surface area contributed by atoms with Crippen molar-refractivity contribution in [3.05, 3.63) is 47.3 Å². The van der Waals surface area contributed by atoms with E-state index in [1.807, 2.05) is 13.8 Å². The number of nitrogens with two attached hydrogens (primary N) is 1. The molecule has 2 heterocycles. The Morgan fingerprint density at radius 1 is 1.27 bits per heavy atom. The second kappa shape index (κ2) is 10.1. The van der Waals surface area contributed by atoms with E-state index in [1.54, 1.807) is 24.3 Å². The number of rotatable bonds is 9. The van der Waals surface area contributed by atoms with Gasteiger partial charge in [0.15, 0.2) is 17.1 Å². The number of likely N-dealkylation sites (tertiary alicyclic amines) is 1. The molecule has 0 aliphatic carbocycles. The van der Waals surface area contributed by atoms with E-state index >= 15 is 0 Å². The highest BCUT2D eigenvalue weighted by Crippen LogP contribution is 2.30. The van der Waals surface area contributed by atoms with E-state index in [-0.39, 0.29) is 23.1 Å². The van der Waals surface area contributed by atoms with Crippen molar-refractivity contribution in [2.75, 3.05) is 31.6 Å². The average molecular weight is 456 g/mol. The number of fused-ring (bicyclic) bond motifs is 1. The van der Waals surface area contributed by atoms with Crippen molar-refractivity contribution >= 4 is 23.0 Å². The smallest absolute Gasteiger partial charge is 0.295 e. The topological polar surface area (TPSA) is 103 Å². The number of carbonyl (C=O) groups is 1. The molecule has 0 spiro atoms. The molecule has 8 nitrogen and oxygen atoms in total. The minimum Gasteiger partial charge on any atom is -0.491 e. The Kier molecular flexibility index (Phi) is 6.98. The highest BCUT2D eigenvalue weighted by atomic mass is 19.1. The molecular formula is C24H28FN4O4. The second-order valence-electron chi connectivity index (χ2n) is 7.92. The van der Waals surface area contributed by atoms with Gasteiger partial charge in [0.1, 0.15) is 5.52 Å². The van der Waals surface area contributed by atoms with E-state index in [0.717, 1.165) is 31.5 Å². The van der Waals surface area contributed by atoms with Crippen molar-refractivity contribution < 1.29 is 23.1 Å². The molecule has 0 saturated carbocycles. The van der Waals surface area contributed by atoms with Crippen molar-refractivity contribution in [1.29, 1.82) is 0 Å². The van der Waals surface area contributed by atoms with Crippen LogP contribution >= 0.6 is 0 Å². The van der Waals surface area contributed by atoms with Crippen LogP contribution < -0.4 is 20.5 Å². The Bertz CT molecular complexity index is 1100. The lowest BCUT2D eigenvalue weighted by atomic mass is 10.0. The van der Waals surface area contributed by atoms with Crippen molar-refractivity contribution in [2.24, 2.45) is 5.73 Å². The first-order chi connectivity index (χ1) is 16.0. The standard InChI is InChI=1S/C24H28FN4O4/c1-3-31-19-12-15(13-20(21(19)25)32-4-2)14-29-10-8-16(9-11-29)27-24-28-22-17(23(26)30)6-5-7-18(22)33-24/h5,7,12-13,16H,3-4,8-11,14H2,1-2H3,(H2,26,30)(H,27,28). The fourth-order valence-electron chi connectivity index (χ4n) is 4.05. The maximum atomic E-state index is 14.5. The molecule has 4 rings (SSSR count). The molecule has 9 heteroatoms. The Balaban J connectivity index is 1.38. The number of aromatic nitrogens is 1. The number of nitrogens with one attached hydrogen (secondary N) is 1. The van der Waals surface area contributed by atoms with Gasteiger partial charge in [-0.15, -0.1) is 0 Å². The number of amides is 1. The van der Waals surface area contributed by atoms with Crippen LogP contribution in [0.25, 0.3) is 11.1 Å². The number of carbonyl (C=O) groups excluding carboxylic acids is 1. The third-order valence-electron chi connectivity index (χ3n) is 5.59. The Morgan fingerprint density at radius 3 is 2.55 bits per heavy atom. The van der Waals surface area contributed by atoms with Crippen LogP contribution in [0.1, 0.15) is 42.6 Å². The van der Waals surface area contributed by atoms with E-state index in [9.17, 15) is 9.18 Å². The largest absolute Gasteiger partial charge is 0.491 e. The summed E-state index contributed by atoms with van der Waals surface area (Å²) >= 11 is 0. The van der Waals surface area contributed by atoms with Crippen LogP contribution in [0.2, 0.25) is 0 Å². The molecule has 1 amide bonds. The number of halogens is 1. The van der Waals surface area contributed by atoms with Gasteiger partial charge >= 0.3 is 0 Å². The highest BCUT2D eigenvalue weighted by molar-refractivity contribution is 6.03. The summed E-state index contributed by atoms with van der Waals surface area (Å²) in [6, 6.07) is 10.2. The van der Waals surface area contributed by atoms with Crippen LogP contribution in [0.5, 0.6) is 11.5 Å². The fourth-order valence-corrected chi connectivity index (χ4v) is 4.05. The van der Waals surface area contributed by atoms with E-state index in [2.05, 4.69) is 21.3 Å². The van der Waals surface area contributed by atoms with Gasteiger partial charge in [-0.1, -0.05) is 0 Å². The zero-order chi connectivity index (χ0) is 23.4. The molecule has 1 fully saturated rings. The van der Waals surface area contributed by atoms with Crippen LogP contribution in [0.3, 0.4) is 0 Å². The Labute approximate surface area is 191 Å². The van der Waals surface area contributed by atoms with Gasteiger partial charge in [-0.3, -0.25) is 9.69 Å². The second-order valence-corrected chi connectivity index (χ2v) is 7.92. The molecule has 1 aromatic heterocycles. The zero-order valence-electron chi connectivity index (χ0n) is 18.8. The minimum absolute atomic E-state index is 0.182. The normalized spacial score (nSPS) is 15.0. The summed E-state index contributed by atoms with van der Waals surface area (Å²) in [6.07, 6.45) is 1.76. The number of primary amides is 1. The molecule has 0 unspecified atom stereocenters. The van der Waals surface area contributed by atoms with Crippen molar-refractivity contribution in [1.82, 2.24) is 9.88 Å². The Hall–Kier alpha value is -3.33. The van der Waals surface area contributed by atoms with Crippen LogP contribution in [-0.4, -0.2) is 48.1 Å². The molecule has 2 aromatic carbocycles. The monoisotopic (exact) mass is 455 g/mol. The summed E-state index contributed by atoms with van der Waals surface area (Å²) in [6.45, 7) is 6.80. The molecule has 1 aliphatic heterocycles. The molecule has 0 bridgehead atoms. The number of anilines is 1. The van der Waals surface area contributed by atoms with Gasteiger partial charge < -0.3 is 24.9 Å². The van der Waals surface area contributed by atoms with E-state index in [0.29, 0.717) is 36.9 Å². The summed E-state index contributed by atoms with van der Waals surface area (Å²) in [5, 5.41) is 3.32. The van der Waals surface area contributed by atoms with Gasteiger partial charge in [0, 0.05) is 25.7 Å². The predicted molar refractivity (Wildman–Crippen MR) is 122 cm³/mol. The lowest BCUT2D eigenvalue weighted by molar-refractivity contribution is 0.100. The first-order valence-corrected chi connectivity index (χ1v) is 11.2. The molecule has 1 radical (unpaired) electrons. The Morgan fingerprint density at radius 2 is 1.94 bits per heavy atom. The minimum atomic E-state index is -0.588. The van der Waals surface area contributed by atoms with E-state index in [4.69, 9.17) is 19.6 Å². The van der Waals surface area contributed by atoms with Gasteiger partial charge in [-0.25, -0.2) is 0 Å². The molecule has 1 saturated heterocycles. The number of hydrogen-bond acceptors (Lipinski definition) is 7. The maximum absolute atomic E-state index is 14.5. The van der Waals surface area contributed by atoms with Crippen LogP contribution in [0.4, 0.5) is 10.4 Å². The van der Waals surface area contributed by atoms with Crippen LogP contribution in [-0.2, 0) is 6.54 Å². The molecule has 3 aromatic rings. The lowest BCUT2D eigenvalue weighted by Gasteiger charge is -2.32. The van der Waals surface area contributed by atoms with Gasteiger partial charge in [0.2, 0.25) is 5.82 Å². The van der Waals surface area contributed by atoms with Gasteiger partial charge in [-0.2, -0.15) is 9.37 Å². The third kappa shape index (κ3) is 5.19. The van der Waals surface area contributed by atoms with Crippen LogP contribution in [0.15, 0.2) is 28.7 Å². The third-order valence-corrected chi connectivity index (χ3v) is 5.59. The number of nitrogens with zero attached hydrogens (tertiary/aromatic N) is 2. The summed E-state index contributed by atoms with van der Waals surface area (Å²) in [7, 11) is 0. The SMILES string of the molecule is CCOc1cc(CN2CCC(Nc3nc4c(C(N)=O)[c]ccc4o3)CC2)cc(OCC)c1F. The van der Waals surface area contributed by atoms with Crippen molar-refractivity contribution in [3.8, 4) is 11.5 Å². The molecule has 1 aliphatic rings. The first kappa shape index (κ1) is 22.8. The maximum Gasteiger partial charge on any atom is 0.295 e. The number of benzene rings is 2. The summed E-state index contributed by atoms with van der Waals surface area (Å²) in [4.78, 5) is 18.3. The van der Waals surface area contributed by atoms with Gasteiger partial charge in [0.05, 0.1) is 18.8 Å². The number of hydrogen-bond donors (Lipinski definition) is 2. The first-order valence-electron chi connectivity index (χ1n) is 11.2. The number of oxazole rings is 1. The molecule has 175 valence electrons. The van der Waals surface area contributed by atoms with Crippen molar-refractivity contribution in [2.45, 2.75) is 39.3 Å². The van der Waals surface area contributed by atoms with Gasteiger partial charge in [-0.05, 0) is 62.6 Å². The summed E-state index contributed by atoms with van der Waals surface area (Å²) in [5.74, 6) is -0.604. The summed E-state index contributed by atoms with van der Waals surface area (Å²) < 4.78 is 31.1. The number of ether oxygens (including phenoxy) is 2. The molecular weight excluding hydrogens is 427 g/mol. The highest BCUT2D eigenvalue weighted by Gasteiger charge is 2.23. The molecule has 33 heavy (non-hydrogen) atoms. The van der Waals surface area contributed by atoms with E-state index < -0.39 is 11.7 Å². The average Bonchev–Trinajstić information content (AvgIpc) is 3.21. The van der Waals surface area contributed by atoms with Crippen LogP contribution in [0, 0.1) is 11.9 Å². The number of piperidine rings is 1. The summed E-state index contributed by atoms with van der Waals surface area (Å²) in [5.41, 5.74) is 7.47. The van der Waals surface area contributed by atoms with E-state index in [1.165, 1.54) is 0 Å². The molecule has 3 N–H and O–H groups in total.